The summed E-state index contributed by atoms with van der Waals surface area (Å²) in [5.41, 5.74) is 1.09. The fourth-order valence-electron chi connectivity index (χ4n) is 0.881. The highest BCUT2D eigenvalue weighted by molar-refractivity contribution is 5.72. The van der Waals surface area contributed by atoms with Crippen LogP contribution in [0.1, 0.15) is 5.56 Å². The summed E-state index contributed by atoms with van der Waals surface area (Å²) < 4.78 is 5.05. The lowest BCUT2D eigenvalue weighted by atomic mass is 10.2. The van der Waals surface area contributed by atoms with Gasteiger partial charge >= 0.3 is 5.97 Å². The van der Waals surface area contributed by atoms with Crippen LogP contribution in [-0.4, -0.2) is 28.9 Å². The molecule has 0 amide bonds. The topological polar surface area (TPSA) is 66.8 Å². The molecule has 14 heavy (non-hydrogen) atoms. The largest absolute Gasteiger partial charge is 0.490 e. The van der Waals surface area contributed by atoms with E-state index in [1.807, 2.05) is 19.1 Å². The maximum absolute atomic E-state index is 10.2. The van der Waals surface area contributed by atoms with E-state index in [4.69, 9.17) is 14.9 Å². The van der Waals surface area contributed by atoms with Gasteiger partial charge in [0.2, 0.25) is 0 Å². The Hall–Kier alpha value is -1.55. The number of ether oxygens (including phenoxy) is 1. The van der Waals surface area contributed by atoms with Crippen molar-refractivity contribution in [3.63, 3.8) is 0 Å². The summed E-state index contributed by atoms with van der Waals surface area (Å²) in [7, 11) is 0. The molecule has 1 atom stereocenters. The van der Waals surface area contributed by atoms with Crippen molar-refractivity contribution in [2.75, 3.05) is 6.61 Å². The predicted octanol–water partition coefficient (Wildman–Crippen LogP) is 0.819. The van der Waals surface area contributed by atoms with E-state index in [2.05, 4.69) is 0 Å². The molecule has 0 spiro atoms. The first kappa shape index (κ1) is 10.5. The van der Waals surface area contributed by atoms with Crippen molar-refractivity contribution in [2.24, 2.45) is 0 Å². The molecule has 0 fully saturated rings. The van der Waals surface area contributed by atoms with Gasteiger partial charge in [0, 0.05) is 0 Å². The average molecular weight is 196 g/mol. The van der Waals surface area contributed by atoms with E-state index in [1.165, 1.54) is 0 Å². The molecule has 0 aliphatic carbocycles. The molecule has 1 unspecified atom stereocenters. The standard InChI is InChI=1S/C10H12O4/c1-7-2-4-8(5-3-7)14-6-9(11)10(12)13/h2-5,9,11H,6H2,1H3,(H,12,13). The highest BCUT2D eigenvalue weighted by atomic mass is 16.5. The van der Waals surface area contributed by atoms with Gasteiger partial charge in [0.05, 0.1) is 0 Å². The molecular formula is C10H12O4. The summed E-state index contributed by atoms with van der Waals surface area (Å²) >= 11 is 0. The van der Waals surface area contributed by atoms with E-state index < -0.39 is 12.1 Å². The third-order valence-corrected chi connectivity index (χ3v) is 1.71. The molecule has 0 aliphatic heterocycles. The summed E-state index contributed by atoms with van der Waals surface area (Å²) in [5.74, 6) is -0.729. The lowest BCUT2D eigenvalue weighted by Crippen LogP contribution is -2.26. The van der Waals surface area contributed by atoms with Gasteiger partial charge in [-0.3, -0.25) is 0 Å². The third kappa shape index (κ3) is 3.06. The molecule has 0 aromatic heterocycles. The van der Waals surface area contributed by atoms with Gasteiger partial charge in [0.1, 0.15) is 12.4 Å². The summed E-state index contributed by atoms with van der Waals surface area (Å²) in [6, 6.07) is 7.15. The highest BCUT2D eigenvalue weighted by Gasteiger charge is 2.13. The van der Waals surface area contributed by atoms with Crippen molar-refractivity contribution >= 4 is 5.97 Å². The second-order valence-corrected chi connectivity index (χ2v) is 2.98. The number of aliphatic hydroxyl groups excluding tert-OH is 1. The van der Waals surface area contributed by atoms with E-state index in [9.17, 15) is 4.79 Å². The zero-order valence-corrected chi connectivity index (χ0v) is 7.80. The Labute approximate surface area is 81.8 Å². The molecule has 76 valence electrons. The number of aliphatic carboxylic acids is 1. The number of aryl methyl sites for hydroxylation is 1. The van der Waals surface area contributed by atoms with E-state index in [0.717, 1.165) is 5.56 Å². The normalized spacial score (nSPS) is 12.1. The molecule has 1 aromatic carbocycles. The van der Waals surface area contributed by atoms with Gasteiger partial charge in [0.25, 0.3) is 0 Å². The van der Waals surface area contributed by atoms with Crippen LogP contribution in [0.2, 0.25) is 0 Å². The monoisotopic (exact) mass is 196 g/mol. The molecule has 0 heterocycles. The molecule has 0 saturated carbocycles. The molecule has 1 rings (SSSR count). The summed E-state index contributed by atoms with van der Waals surface area (Å²) in [6.07, 6.45) is -1.48. The van der Waals surface area contributed by atoms with Crippen LogP contribution < -0.4 is 4.74 Å². The number of hydrogen-bond donors (Lipinski definition) is 2. The highest BCUT2D eigenvalue weighted by Crippen LogP contribution is 2.11. The molecule has 4 heteroatoms. The smallest absolute Gasteiger partial charge is 0.336 e. The lowest BCUT2D eigenvalue weighted by Gasteiger charge is -2.08. The summed E-state index contributed by atoms with van der Waals surface area (Å²) in [6.45, 7) is 1.70. The van der Waals surface area contributed by atoms with Gasteiger partial charge in [-0.15, -0.1) is 0 Å². The predicted molar refractivity (Wildman–Crippen MR) is 50.3 cm³/mol. The van der Waals surface area contributed by atoms with Crippen molar-refractivity contribution in [3.8, 4) is 5.75 Å². The maximum atomic E-state index is 10.2. The number of aliphatic hydroxyl groups is 1. The fraction of sp³-hybridized carbons (Fsp3) is 0.300. The Morgan fingerprint density at radius 2 is 2.00 bits per heavy atom. The first-order valence-corrected chi connectivity index (χ1v) is 4.20. The second-order valence-electron chi connectivity index (χ2n) is 2.98. The van der Waals surface area contributed by atoms with Gasteiger partial charge in [-0.1, -0.05) is 17.7 Å². The maximum Gasteiger partial charge on any atom is 0.336 e. The van der Waals surface area contributed by atoms with Crippen molar-refractivity contribution in [3.05, 3.63) is 29.8 Å². The van der Waals surface area contributed by atoms with Crippen LogP contribution in [-0.2, 0) is 4.79 Å². The molecule has 2 N–H and O–H groups in total. The summed E-state index contributed by atoms with van der Waals surface area (Å²) in [5, 5.41) is 17.3. The Bertz CT molecular complexity index is 304. The van der Waals surface area contributed by atoms with Crippen LogP contribution in [0, 0.1) is 6.92 Å². The van der Waals surface area contributed by atoms with Crippen molar-refractivity contribution in [1.82, 2.24) is 0 Å². The first-order chi connectivity index (χ1) is 6.59. The number of carbonyl (C=O) groups is 1. The van der Waals surface area contributed by atoms with E-state index in [1.54, 1.807) is 12.1 Å². The molecule has 0 aliphatic rings. The van der Waals surface area contributed by atoms with Crippen LogP contribution in [0.5, 0.6) is 5.75 Å². The van der Waals surface area contributed by atoms with E-state index in [0.29, 0.717) is 5.75 Å². The van der Waals surface area contributed by atoms with Crippen LogP contribution in [0.3, 0.4) is 0 Å². The number of benzene rings is 1. The Morgan fingerprint density at radius 3 is 2.50 bits per heavy atom. The quantitative estimate of drug-likeness (QED) is 0.748. The Kier molecular flexibility index (Phi) is 3.48. The minimum atomic E-state index is -1.48. The molecule has 4 nitrogen and oxygen atoms in total. The van der Waals surface area contributed by atoms with Gasteiger partial charge < -0.3 is 14.9 Å². The summed E-state index contributed by atoms with van der Waals surface area (Å²) in [4.78, 5) is 10.2. The van der Waals surface area contributed by atoms with Crippen molar-refractivity contribution in [1.29, 1.82) is 0 Å². The van der Waals surface area contributed by atoms with Gasteiger partial charge in [0.15, 0.2) is 6.10 Å². The Balaban J connectivity index is 2.46. The molecule has 1 aromatic rings. The second kappa shape index (κ2) is 4.62. The molecular weight excluding hydrogens is 184 g/mol. The number of rotatable bonds is 4. The van der Waals surface area contributed by atoms with Crippen LogP contribution in [0.15, 0.2) is 24.3 Å². The minimum absolute atomic E-state index is 0.238. The number of carboxylic acid groups (broad SMARTS) is 1. The van der Waals surface area contributed by atoms with Crippen molar-refractivity contribution in [2.45, 2.75) is 13.0 Å². The van der Waals surface area contributed by atoms with Crippen molar-refractivity contribution < 1.29 is 19.7 Å². The van der Waals surface area contributed by atoms with E-state index in [-0.39, 0.29) is 6.61 Å². The van der Waals surface area contributed by atoms with Gasteiger partial charge in [-0.2, -0.15) is 0 Å². The molecule has 0 radical (unpaired) electrons. The number of hydrogen-bond acceptors (Lipinski definition) is 3. The number of carboxylic acids is 1. The fourth-order valence-corrected chi connectivity index (χ4v) is 0.881. The molecule has 0 bridgehead atoms. The SMILES string of the molecule is Cc1ccc(OCC(O)C(=O)O)cc1. The Morgan fingerprint density at radius 1 is 1.43 bits per heavy atom. The van der Waals surface area contributed by atoms with Gasteiger partial charge in [-0.25, -0.2) is 4.79 Å². The molecule has 0 saturated heterocycles. The third-order valence-electron chi connectivity index (χ3n) is 1.71. The zero-order chi connectivity index (χ0) is 10.6. The minimum Gasteiger partial charge on any atom is -0.490 e. The average Bonchev–Trinajstić information content (AvgIpc) is 2.16. The van der Waals surface area contributed by atoms with E-state index >= 15 is 0 Å². The van der Waals surface area contributed by atoms with Crippen LogP contribution in [0.4, 0.5) is 0 Å². The first-order valence-electron chi connectivity index (χ1n) is 4.20. The van der Waals surface area contributed by atoms with Crippen LogP contribution in [0.25, 0.3) is 0 Å². The van der Waals surface area contributed by atoms with Gasteiger partial charge in [-0.05, 0) is 19.1 Å². The lowest BCUT2D eigenvalue weighted by molar-refractivity contribution is -0.148. The zero-order valence-electron chi connectivity index (χ0n) is 7.80. The van der Waals surface area contributed by atoms with Crippen LogP contribution >= 0.6 is 0 Å².